The summed E-state index contributed by atoms with van der Waals surface area (Å²) in [5.74, 6) is 0.790. The quantitative estimate of drug-likeness (QED) is 0.549. The molecule has 0 radical (unpaired) electrons. The second kappa shape index (κ2) is 7.75. The molecule has 0 saturated carbocycles. The van der Waals surface area contributed by atoms with Crippen molar-refractivity contribution < 1.29 is 19.1 Å². The van der Waals surface area contributed by atoms with Gasteiger partial charge in [0.15, 0.2) is 11.5 Å². The molecule has 2 atom stereocenters. The zero-order valence-corrected chi connectivity index (χ0v) is 16.7. The molecule has 4 rings (SSSR count). The number of benzene rings is 1. The predicted octanol–water partition coefficient (Wildman–Crippen LogP) is 3.67. The second-order valence-electron chi connectivity index (χ2n) is 6.86. The molecule has 0 N–H and O–H groups in total. The number of methoxy groups -OCH3 is 1. The van der Waals surface area contributed by atoms with Gasteiger partial charge in [0, 0.05) is 10.9 Å². The number of ether oxygens (including phenoxy) is 2. The van der Waals surface area contributed by atoms with Crippen molar-refractivity contribution in [3.63, 3.8) is 0 Å². The van der Waals surface area contributed by atoms with Crippen LogP contribution >= 0.6 is 11.3 Å². The first-order valence-corrected chi connectivity index (χ1v) is 10.3. The van der Waals surface area contributed by atoms with Crippen molar-refractivity contribution in [2.24, 2.45) is 11.8 Å². The summed E-state index contributed by atoms with van der Waals surface area (Å²) in [6, 6.07) is 5.69. The molecule has 0 bridgehead atoms. The first-order valence-electron chi connectivity index (χ1n) is 9.38. The number of thiazole rings is 1. The fraction of sp³-hybridized carbons (Fsp3) is 0.381. The lowest BCUT2D eigenvalue weighted by Crippen LogP contribution is -2.30. The minimum absolute atomic E-state index is 0.0726. The van der Waals surface area contributed by atoms with Gasteiger partial charge in [0.1, 0.15) is 5.01 Å². The van der Waals surface area contributed by atoms with E-state index in [0.717, 1.165) is 16.3 Å². The van der Waals surface area contributed by atoms with Gasteiger partial charge >= 0.3 is 0 Å². The number of amides is 2. The third-order valence-corrected chi connectivity index (χ3v) is 6.12. The Morgan fingerprint density at radius 2 is 1.86 bits per heavy atom. The molecule has 2 aromatic rings. The summed E-state index contributed by atoms with van der Waals surface area (Å²) in [5.41, 5.74) is 1.63. The topological polar surface area (TPSA) is 68.7 Å². The van der Waals surface area contributed by atoms with E-state index in [4.69, 9.17) is 9.47 Å². The molecule has 1 aliphatic heterocycles. The van der Waals surface area contributed by atoms with E-state index in [1.165, 1.54) is 16.2 Å². The van der Waals surface area contributed by atoms with E-state index in [1.807, 2.05) is 42.7 Å². The van der Waals surface area contributed by atoms with E-state index in [0.29, 0.717) is 30.9 Å². The highest BCUT2D eigenvalue weighted by Crippen LogP contribution is 2.37. The minimum Gasteiger partial charge on any atom is -0.493 e. The van der Waals surface area contributed by atoms with Gasteiger partial charge in [-0.3, -0.25) is 14.5 Å². The van der Waals surface area contributed by atoms with Crippen molar-refractivity contribution in [2.45, 2.75) is 26.3 Å². The molecule has 28 heavy (non-hydrogen) atoms. The Kier molecular flexibility index (Phi) is 5.17. The lowest BCUT2D eigenvalue weighted by molar-refractivity contribution is -0.140. The zero-order chi connectivity index (χ0) is 19.7. The Balaban J connectivity index is 1.52. The van der Waals surface area contributed by atoms with Crippen LogP contribution in [-0.2, 0) is 16.1 Å². The van der Waals surface area contributed by atoms with Gasteiger partial charge in [0.2, 0.25) is 11.8 Å². The number of hydrogen-bond donors (Lipinski definition) is 0. The van der Waals surface area contributed by atoms with Gasteiger partial charge in [0.05, 0.1) is 37.8 Å². The Morgan fingerprint density at radius 3 is 2.50 bits per heavy atom. The van der Waals surface area contributed by atoms with E-state index in [1.54, 1.807) is 7.11 Å². The van der Waals surface area contributed by atoms with E-state index in [9.17, 15) is 9.59 Å². The number of carbonyl (C=O) groups is 2. The van der Waals surface area contributed by atoms with Gasteiger partial charge in [-0.2, -0.15) is 0 Å². The molecule has 1 fully saturated rings. The number of carbonyl (C=O) groups excluding carboxylic acids is 2. The number of likely N-dealkylation sites (tertiary alicyclic amines) is 1. The summed E-state index contributed by atoms with van der Waals surface area (Å²) in [4.78, 5) is 31.3. The summed E-state index contributed by atoms with van der Waals surface area (Å²) in [6.45, 7) is 2.72. The van der Waals surface area contributed by atoms with Gasteiger partial charge in [-0.25, -0.2) is 4.98 Å². The van der Waals surface area contributed by atoms with E-state index >= 15 is 0 Å². The van der Waals surface area contributed by atoms with Crippen molar-refractivity contribution in [2.75, 3.05) is 13.7 Å². The summed E-state index contributed by atoms with van der Waals surface area (Å²) >= 11 is 1.48. The molecule has 146 valence electrons. The molecule has 1 aromatic carbocycles. The third kappa shape index (κ3) is 3.30. The van der Waals surface area contributed by atoms with Crippen LogP contribution in [0.25, 0.3) is 10.6 Å². The Hall–Kier alpha value is -2.67. The van der Waals surface area contributed by atoms with Crippen molar-refractivity contribution in [3.05, 3.63) is 41.4 Å². The zero-order valence-electron chi connectivity index (χ0n) is 15.9. The molecule has 6 nitrogen and oxygen atoms in total. The first-order chi connectivity index (χ1) is 13.6. The minimum atomic E-state index is -0.203. The van der Waals surface area contributed by atoms with Crippen LogP contribution < -0.4 is 9.47 Å². The molecule has 2 heterocycles. The van der Waals surface area contributed by atoms with E-state index in [2.05, 4.69) is 4.98 Å². The highest BCUT2D eigenvalue weighted by Gasteiger charge is 2.47. The van der Waals surface area contributed by atoms with Crippen LogP contribution in [0.5, 0.6) is 11.5 Å². The maximum absolute atomic E-state index is 12.6. The number of allylic oxidation sites excluding steroid dienone is 2. The number of nitrogens with zero attached hydrogens (tertiary/aromatic N) is 2. The van der Waals surface area contributed by atoms with Gasteiger partial charge in [-0.15, -0.1) is 11.3 Å². The molecule has 0 unspecified atom stereocenters. The fourth-order valence-electron chi connectivity index (χ4n) is 3.77. The SMILES string of the molecule is CCOc1ccc(-c2nc(CN3C(=O)[C@H]4CC=CC[C@H]4C3=O)cs2)cc1OC. The van der Waals surface area contributed by atoms with Crippen molar-refractivity contribution >= 4 is 23.2 Å². The summed E-state index contributed by atoms with van der Waals surface area (Å²) in [5, 5.41) is 2.72. The molecular formula is C21H22N2O4S. The fourth-order valence-corrected chi connectivity index (χ4v) is 4.58. The second-order valence-corrected chi connectivity index (χ2v) is 7.72. The number of hydrogen-bond acceptors (Lipinski definition) is 6. The van der Waals surface area contributed by atoms with Gasteiger partial charge in [-0.05, 0) is 38.0 Å². The molecule has 0 spiro atoms. The van der Waals surface area contributed by atoms with Crippen LogP contribution in [0.2, 0.25) is 0 Å². The number of fused-ring (bicyclic) bond motifs is 1. The van der Waals surface area contributed by atoms with Crippen molar-refractivity contribution in [1.82, 2.24) is 9.88 Å². The molecule has 1 saturated heterocycles. The van der Waals surface area contributed by atoms with Crippen molar-refractivity contribution in [3.8, 4) is 22.1 Å². The predicted molar refractivity (Wildman–Crippen MR) is 106 cm³/mol. The normalized spacial score (nSPS) is 21.1. The van der Waals surface area contributed by atoms with E-state index in [-0.39, 0.29) is 30.2 Å². The molecular weight excluding hydrogens is 376 g/mol. The maximum atomic E-state index is 12.6. The Labute approximate surface area is 167 Å². The van der Waals surface area contributed by atoms with E-state index < -0.39 is 0 Å². The average molecular weight is 398 g/mol. The van der Waals surface area contributed by atoms with Crippen LogP contribution in [0.4, 0.5) is 0 Å². The number of rotatable bonds is 6. The third-order valence-electron chi connectivity index (χ3n) is 5.18. The standard InChI is InChI=1S/C21H22N2O4S/c1-3-27-17-9-8-13(10-18(17)26-2)19-22-14(12-28-19)11-23-20(24)15-6-4-5-7-16(15)21(23)25/h4-5,8-10,12,15-16H,3,6-7,11H2,1-2H3/t15-,16+. The Morgan fingerprint density at radius 1 is 1.14 bits per heavy atom. The van der Waals surface area contributed by atoms with Gasteiger partial charge in [-0.1, -0.05) is 12.2 Å². The van der Waals surface area contributed by atoms with Gasteiger partial charge in [0.25, 0.3) is 0 Å². The van der Waals surface area contributed by atoms with Crippen LogP contribution in [0.3, 0.4) is 0 Å². The highest BCUT2D eigenvalue weighted by atomic mass is 32.1. The molecule has 2 amide bonds. The summed E-state index contributed by atoms with van der Waals surface area (Å²) < 4.78 is 11.0. The van der Waals surface area contributed by atoms with Crippen LogP contribution in [0.1, 0.15) is 25.5 Å². The van der Waals surface area contributed by atoms with Gasteiger partial charge < -0.3 is 9.47 Å². The number of aromatic nitrogens is 1. The lowest BCUT2D eigenvalue weighted by Gasteiger charge is -2.14. The molecule has 2 aliphatic rings. The average Bonchev–Trinajstić information content (AvgIpc) is 3.28. The first kappa shape index (κ1) is 18.7. The maximum Gasteiger partial charge on any atom is 0.233 e. The van der Waals surface area contributed by atoms with Crippen LogP contribution in [0.15, 0.2) is 35.7 Å². The Bertz CT molecular complexity index is 910. The highest BCUT2D eigenvalue weighted by molar-refractivity contribution is 7.13. The van der Waals surface area contributed by atoms with Crippen molar-refractivity contribution in [1.29, 1.82) is 0 Å². The largest absolute Gasteiger partial charge is 0.493 e. The van der Waals surface area contributed by atoms with Crippen LogP contribution in [0, 0.1) is 11.8 Å². The summed E-state index contributed by atoms with van der Waals surface area (Å²) in [6.07, 6.45) is 5.30. The lowest BCUT2D eigenvalue weighted by atomic mass is 9.85. The number of imide groups is 1. The molecule has 1 aromatic heterocycles. The summed E-state index contributed by atoms with van der Waals surface area (Å²) in [7, 11) is 1.60. The smallest absolute Gasteiger partial charge is 0.233 e. The van der Waals surface area contributed by atoms with Crippen LogP contribution in [-0.4, -0.2) is 35.4 Å². The monoisotopic (exact) mass is 398 g/mol. The molecule has 1 aliphatic carbocycles. The molecule has 7 heteroatoms.